The van der Waals surface area contributed by atoms with Crippen molar-refractivity contribution in [2.75, 3.05) is 19.6 Å². The molecule has 0 bridgehead atoms. The Morgan fingerprint density at radius 2 is 1.93 bits per heavy atom. The number of likely N-dealkylation sites (tertiary alicyclic amines) is 1. The molecule has 0 aromatic carbocycles. The first-order chi connectivity index (χ1) is 6.37. The minimum Gasteiger partial charge on any atom is -0.328 e. The standard InChI is InChI=1S/C11H23FN2/c1-10(2,3)14-7-4-5-11(12,9-13)6-8-14/h4-9,13H2,1-3H3. The Bertz CT molecular complexity index is 188. The highest BCUT2D eigenvalue weighted by atomic mass is 19.1. The van der Waals surface area contributed by atoms with Gasteiger partial charge in [0.05, 0.1) is 0 Å². The van der Waals surface area contributed by atoms with Crippen LogP contribution in [0.2, 0.25) is 0 Å². The van der Waals surface area contributed by atoms with Gasteiger partial charge in [-0.1, -0.05) is 0 Å². The monoisotopic (exact) mass is 202 g/mol. The molecule has 0 aliphatic carbocycles. The number of alkyl halides is 1. The third-order valence-electron chi connectivity index (χ3n) is 3.20. The highest BCUT2D eigenvalue weighted by Gasteiger charge is 2.33. The van der Waals surface area contributed by atoms with Crippen LogP contribution in [0.5, 0.6) is 0 Å². The van der Waals surface area contributed by atoms with Crippen LogP contribution in [0.1, 0.15) is 40.0 Å². The van der Waals surface area contributed by atoms with E-state index in [9.17, 15) is 4.39 Å². The summed E-state index contributed by atoms with van der Waals surface area (Å²) in [6.07, 6.45) is 2.13. The van der Waals surface area contributed by atoms with E-state index >= 15 is 0 Å². The molecule has 1 fully saturated rings. The Morgan fingerprint density at radius 1 is 1.29 bits per heavy atom. The topological polar surface area (TPSA) is 29.3 Å². The SMILES string of the molecule is CC(C)(C)N1CCCC(F)(CN)CC1. The summed E-state index contributed by atoms with van der Waals surface area (Å²) in [4.78, 5) is 2.35. The van der Waals surface area contributed by atoms with E-state index < -0.39 is 5.67 Å². The molecule has 1 rings (SSSR count). The van der Waals surface area contributed by atoms with E-state index in [1.807, 2.05) is 0 Å². The third kappa shape index (κ3) is 2.92. The van der Waals surface area contributed by atoms with Crippen molar-refractivity contribution in [2.45, 2.75) is 51.2 Å². The average molecular weight is 202 g/mol. The molecule has 84 valence electrons. The summed E-state index contributed by atoms with van der Waals surface area (Å²) < 4.78 is 14.0. The number of nitrogens with two attached hydrogens (primary N) is 1. The lowest BCUT2D eigenvalue weighted by atomic mass is 9.97. The molecule has 2 nitrogen and oxygen atoms in total. The highest BCUT2D eigenvalue weighted by Crippen LogP contribution is 2.28. The van der Waals surface area contributed by atoms with Crippen LogP contribution in [0.3, 0.4) is 0 Å². The molecule has 1 heterocycles. The Kier molecular flexibility index (Phi) is 3.53. The summed E-state index contributed by atoms with van der Waals surface area (Å²) in [6.45, 7) is 8.54. The van der Waals surface area contributed by atoms with Gasteiger partial charge in [-0.3, -0.25) is 4.90 Å². The molecule has 0 aromatic heterocycles. The molecule has 1 aliphatic heterocycles. The molecule has 0 aromatic rings. The number of halogens is 1. The molecule has 1 aliphatic rings. The van der Waals surface area contributed by atoms with E-state index in [1.54, 1.807) is 0 Å². The van der Waals surface area contributed by atoms with Crippen molar-refractivity contribution >= 4 is 0 Å². The molecule has 0 saturated carbocycles. The molecule has 0 radical (unpaired) electrons. The maximum absolute atomic E-state index is 14.0. The van der Waals surface area contributed by atoms with Gasteiger partial charge in [0.15, 0.2) is 0 Å². The molecule has 0 amide bonds. The largest absolute Gasteiger partial charge is 0.328 e. The fourth-order valence-corrected chi connectivity index (χ4v) is 2.03. The van der Waals surface area contributed by atoms with Gasteiger partial charge in [0.2, 0.25) is 0 Å². The second-order valence-electron chi connectivity index (χ2n) is 5.37. The Labute approximate surface area is 86.6 Å². The van der Waals surface area contributed by atoms with Crippen molar-refractivity contribution in [1.82, 2.24) is 4.90 Å². The van der Waals surface area contributed by atoms with E-state index in [1.165, 1.54) is 0 Å². The molecular formula is C11H23FN2. The van der Waals surface area contributed by atoms with Gasteiger partial charge in [-0.25, -0.2) is 4.39 Å². The van der Waals surface area contributed by atoms with Gasteiger partial charge in [0.1, 0.15) is 5.67 Å². The normalized spacial score (nSPS) is 31.5. The van der Waals surface area contributed by atoms with E-state index in [0.29, 0.717) is 12.8 Å². The van der Waals surface area contributed by atoms with Crippen molar-refractivity contribution in [3.63, 3.8) is 0 Å². The molecule has 14 heavy (non-hydrogen) atoms. The lowest BCUT2D eigenvalue weighted by Crippen LogP contribution is -2.43. The van der Waals surface area contributed by atoms with Gasteiger partial charge >= 0.3 is 0 Å². The number of rotatable bonds is 1. The molecule has 1 unspecified atom stereocenters. The van der Waals surface area contributed by atoms with Crippen molar-refractivity contribution in [3.05, 3.63) is 0 Å². The first-order valence-corrected chi connectivity index (χ1v) is 5.51. The number of hydrogen-bond donors (Lipinski definition) is 1. The van der Waals surface area contributed by atoms with Crippen LogP contribution < -0.4 is 5.73 Å². The van der Waals surface area contributed by atoms with Gasteiger partial charge < -0.3 is 5.73 Å². The predicted molar refractivity (Wildman–Crippen MR) is 58.1 cm³/mol. The molecular weight excluding hydrogens is 179 g/mol. The number of nitrogens with zero attached hydrogens (tertiary/aromatic N) is 1. The zero-order valence-electron chi connectivity index (χ0n) is 9.65. The van der Waals surface area contributed by atoms with Crippen LogP contribution in [0, 0.1) is 0 Å². The number of hydrogen-bond acceptors (Lipinski definition) is 2. The summed E-state index contributed by atoms with van der Waals surface area (Å²) >= 11 is 0. The Balaban J connectivity index is 2.57. The molecule has 2 N–H and O–H groups in total. The van der Waals surface area contributed by atoms with Crippen molar-refractivity contribution in [3.8, 4) is 0 Å². The van der Waals surface area contributed by atoms with Crippen molar-refractivity contribution in [2.24, 2.45) is 5.73 Å². The first kappa shape index (κ1) is 11.9. The van der Waals surface area contributed by atoms with Crippen molar-refractivity contribution in [1.29, 1.82) is 0 Å². The highest BCUT2D eigenvalue weighted by molar-refractivity contribution is 4.88. The minimum absolute atomic E-state index is 0.153. The summed E-state index contributed by atoms with van der Waals surface area (Å²) in [5.74, 6) is 0. The lowest BCUT2D eigenvalue weighted by molar-refractivity contribution is 0.117. The van der Waals surface area contributed by atoms with E-state index in [-0.39, 0.29) is 12.1 Å². The Hall–Kier alpha value is -0.150. The summed E-state index contributed by atoms with van der Waals surface area (Å²) in [6, 6.07) is 0. The van der Waals surface area contributed by atoms with Crippen LogP contribution in [0.25, 0.3) is 0 Å². The zero-order chi connectivity index (χ0) is 10.8. The second-order valence-corrected chi connectivity index (χ2v) is 5.37. The van der Waals surface area contributed by atoms with Gasteiger partial charge in [-0.05, 0) is 46.6 Å². The molecule has 1 saturated heterocycles. The predicted octanol–water partition coefficient (Wildman–Crippen LogP) is 1.94. The summed E-state index contributed by atoms with van der Waals surface area (Å²) in [5, 5.41) is 0. The quantitative estimate of drug-likeness (QED) is 0.704. The maximum Gasteiger partial charge on any atom is 0.124 e. The Morgan fingerprint density at radius 3 is 2.43 bits per heavy atom. The molecule has 0 spiro atoms. The van der Waals surface area contributed by atoms with Crippen molar-refractivity contribution < 1.29 is 4.39 Å². The van der Waals surface area contributed by atoms with Gasteiger partial charge in [-0.15, -0.1) is 0 Å². The van der Waals surface area contributed by atoms with E-state index in [2.05, 4.69) is 25.7 Å². The van der Waals surface area contributed by atoms with E-state index in [0.717, 1.165) is 19.5 Å². The average Bonchev–Trinajstić information content (AvgIpc) is 2.27. The molecule has 3 heteroatoms. The fraction of sp³-hybridized carbons (Fsp3) is 1.00. The van der Waals surface area contributed by atoms with Gasteiger partial charge in [-0.2, -0.15) is 0 Å². The van der Waals surface area contributed by atoms with Gasteiger partial charge in [0.25, 0.3) is 0 Å². The fourth-order valence-electron chi connectivity index (χ4n) is 2.03. The second kappa shape index (κ2) is 4.15. The molecule has 1 atom stereocenters. The summed E-state index contributed by atoms with van der Waals surface area (Å²) in [5.41, 5.74) is 4.51. The van der Waals surface area contributed by atoms with E-state index in [4.69, 9.17) is 5.73 Å². The van der Waals surface area contributed by atoms with Crippen LogP contribution >= 0.6 is 0 Å². The van der Waals surface area contributed by atoms with Crippen LogP contribution in [0.15, 0.2) is 0 Å². The van der Waals surface area contributed by atoms with Crippen LogP contribution in [-0.4, -0.2) is 35.7 Å². The maximum atomic E-state index is 14.0. The lowest BCUT2D eigenvalue weighted by Gasteiger charge is -2.34. The minimum atomic E-state index is -1.11. The smallest absolute Gasteiger partial charge is 0.124 e. The summed E-state index contributed by atoms with van der Waals surface area (Å²) in [7, 11) is 0. The zero-order valence-corrected chi connectivity index (χ0v) is 9.65. The first-order valence-electron chi connectivity index (χ1n) is 5.51. The van der Waals surface area contributed by atoms with Crippen LogP contribution in [0.4, 0.5) is 4.39 Å². The van der Waals surface area contributed by atoms with Crippen LogP contribution in [-0.2, 0) is 0 Å². The third-order valence-corrected chi connectivity index (χ3v) is 3.20. The van der Waals surface area contributed by atoms with Gasteiger partial charge in [0, 0.05) is 18.6 Å².